The summed E-state index contributed by atoms with van der Waals surface area (Å²) in [6.45, 7) is 0. The number of aromatic nitrogens is 4. The van der Waals surface area contributed by atoms with Gasteiger partial charge in [-0.15, -0.1) is 0 Å². The van der Waals surface area contributed by atoms with Crippen LogP contribution in [0.3, 0.4) is 0 Å². The van der Waals surface area contributed by atoms with Crippen LogP contribution >= 0.6 is 0 Å². The standard InChI is InChI=1S/C51H36N4O/c1-4-15-33(16-5-1)37-31-42(34-17-6-2-7-18-34)47-39-21-10-12-24-43(39)55(44(47)32-37)38-29-27-36(28-30-38)50-52-49(35-19-8-3-9-20-35)53-51(54-50)41-23-14-26-46-48(41)40-22-11-13-25-45(40)56-46/h1-11,13,15-22,25-32H,12,14,23-24H2. The lowest BCUT2D eigenvalue weighted by Gasteiger charge is -2.15. The molecule has 6 aromatic carbocycles. The van der Waals surface area contributed by atoms with Crippen LogP contribution in [0.4, 0.5) is 0 Å². The Labute approximate surface area is 324 Å². The van der Waals surface area contributed by atoms with Crippen molar-refractivity contribution < 1.29 is 4.42 Å². The van der Waals surface area contributed by atoms with E-state index in [1.165, 1.54) is 44.4 Å². The summed E-state index contributed by atoms with van der Waals surface area (Å²) >= 11 is 0. The smallest absolute Gasteiger partial charge is 0.164 e. The number of nitrogens with zero attached hydrogens (tertiary/aromatic N) is 4. The van der Waals surface area contributed by atoms with Crippen LogP contribution in [0.15, 0.2) is 162 Å². The molecule has 266 valence electrons. The second kappa shape index (κ2) is 13.3. The molecule has 0 amide bonds. The summed E-state index contributed by atoms with van der Waals surface area (Å²) in [5, 5.41) is 3.46. The summed E-state index contributed by atoms with van der Waals surface area (Å²) < 4.78 is 8.78. The quantitative estimate of drug-likeness (QED) is 0.172. The molecule has 5 nitrogen and oxygen atoms in total. The van der Waals surface area contributed by atoms with Gasteiger partial charge >= 0.3 is 0 Å². The molecule has 0 unspecified atom stereocenters. The summed E-state index contributed by atoms with van der Waals surface area (Å²) in [6.07, 6.45) is 10.5. The van der Waals surface area contributed by atoms with Crippen LogP contribution in [0.5, 0.6) is 0 Å². The first-order valence-electron chi connectivity index (χ1n) is 19.4. The largest absolute Gasteiger partial charge is 0.456 e. The molecule has 56 heavy (non-hydrogen) atoms. The van der Waals surface area contributed by atoms with E-state index >= 15 is 0 Å². The molecule has 0 atom stereocenters. The van der Waals surface area contributed by atoms with Crippen LogP contribution in [-0.2, 0) is 6.42 Å². The normalized spacial score (nSPS) is 13.5. The number of furan rings is 1. The topological polar surface area (TPSA) is 56.7 Å². The van der Waals surface area contributed by atoms with Gasteiger partial charge in [-0.3, -0.25) is 0 Å². The van der Waals surface area contributed by atoms with Gasteiger partial charge in [0.15, 0.2) is 17.5 Å². The molecular weight excluding hydrogens is 685 g/mol. The van der Waals surface area contributed by atoms with Crippen molar-refractivity contribution >= 4 is 39.6 Å². The highest BCUT2D eigenvalue weighted by Gasteiger charge is 2.24. The Morgan fingerprint density at radius 1 is 0.536 bits per heavy atom. The average Bonchev–Trinajstić information content (AvgIpc) is 3.83. The van der Waals surface area contributed by atoms with E-state index in [0.717, 1.165) is 69.7 Å². The van der Waals surface area contributed by atoms with E-state index in [1.807, 2.05) is 30.3 Å². The lowest BCUT2D eigenvalue weighted by Crippen LogP contribution is -2.27. The SMILES string of the molecule is C1=Cc2c(n(-c3ccc(-c4nc(C5=c6c(oc7ccccc67)=CCC5)nc(-c5ccccc5)n4)cc3)c3cc(-c4ccccc4)cc(-c4ccccc4)c23)CC1. The number of fused-ring (bicyclic) bond motifs is 6. The van der Waals surface area contributed by atoms with Crippen molar-refractivity contribution in [3.63, 3.8) is 0 Å². The van der Waals surface area contributed by atoms with Crippen molar-refractivity contribution in [1.82, 2.24) is 19.5 Å². The Bertz CT molecular complexity index is 3100. The van der Waals surface area contributed by atoms with Gasteiger partial charge in [-0.2, -0.15) is 0 Å². The maximum atomic E-state index is 6.30. The van der Waals surface area contributed by atoms with Gasteiger partial charge in [-0.1, -0.05) is 121 Å². The number of benzene rings is 6. The van der Waals surface area contributed by atoms with Crippen molar-refractivity contribution in [2.45, 2.75) is 25.7 Å². The van der Waals surface area contributed by atoms with Crippen molar-refractivity contribution in [2.75, 3.05) is 0 Å². The van der Waals surface area contributed by atoms with Crippen LogP contribution in [0.2, 0.25) is 0 Å². The molecule has 0 aliphatic heterocycles. The lowest BCUT2D eigenvalue weighted by molar-refractivity contribution is 0.571. The predicted molar refractivity (Wildman–Crippen MR) is 227 cm³/mol. The Morgan fingerprint density at radius 3 is 1.93 bits per heavy atom. The van der Waals surface area contributed by atoms with Gasteiger partial charge in [0.25, 0.3) is 0 Å². The fourth-order valence-corrected chi connectivity index (χ4v) is 8.61. The van der Waals surface area contributed by atoms with Crippen LogP contribution in [0.25, 0.3) is 90.3 Å². The molecule has 0 N–H and O–H groups in total. The maximum Gasteiger partial charge on any atom is 0.164 e. The van der Waals surface area contributed by atoms with Crippen molar-refractivity contribution in [3.05, 3.63) is 185 Å². The molecule has 0 bridgehead atoms. The van der Waals surface area contributed by atoms with Gasteiger partial charge in [0.2, 0.25) is 0 Å². The fourth-order valence-electron chi connectivity index (χ4n) is 8.61. The molecule has 11 rings (SSSR count). The minimum absolute atomic E-state index is 0.650. The predicted octanol–water partition coefficient (Wildman–Crippen LogP) is 11.0. The molecule has 0 saturated carbocycles. The molecule has 3 heterocycles. The van der Waals surface area contributed by atoms with E-state index in [-0.39, 0.29) is 0 Å². The van der Waals surface area contributed by atoms with Gasteiger partial charge in [-0.05, 0) is 96.5 Å². The summed E-state index contributed by atoms with van der Waals surface area (Å²) in [4.78, 5) is 15.4. The zero-order chi connectivity index (χ0) is 37.0. The summed E-state index contributed by atoms with van der Waals surface area (Å²) in [5.74, 6) is 2.00. The molecular formula is C51H36N4O. The molecule has 2 aliphatic carbocycles. The van der Waals surface area contributed by atoms with Crippen LogP contribution in [0, 0.1) is 0 Å². The Morgan fingerprint density at radius 2 is 1.18 bits per heavy atom. The number of hydrogen-bond acceptors (Lipinski definition) is 4. The Hall–Kier alpha value is -7.11. The van der Waals surface area contributed by atoms with Gasteiger partial charge < -0.3 is 8.98 Å². The minimum atomic E-state index is 0.650. The highest BCUT2D eigenvalue weighted by atomic mass is 16.3. The zero-order valence-electron chi connectivity index (χ0n) is 30.7. The third kappa shape index (κ3) is 5.43. The van der Waals surface area contributed by atoms with E-state index in [2.05, 4.69) is 144 Å². The first-order valence-corrected chi connectivity index (χ1v) is 19.4. The molecule has 9 aromatic rings. The van der Waals surface area contributed by atoms with Gasteiger partial charge in [-0.25, -0.2) is 15.0 Å². The van der Waals surface area contributed by atoms with Crippen molar-refractivity contribution in [1.29, 1.82) is 0 Å². The van der Waals surface area contributed by atoms with Crippen molar-refractivity contribution in [3.8, 4) is 50.7 Å². The summed E-state index contributed by atoms with van der Waals surface area (Å²) in [5.41, 5.74) is 14.6. The van der Waals surface area contributed by atoms with Gasteiger partial charge in [0.05, 0.1) is 5.52 Å². The summed E-state index contributed by atoms with van der Waals surface area (Å²) in [6, 6.07) is 53.4. The first kappa shape index (κ1) is 32.3. The van der Waals surface area contributed by atoms with E-state index < -0.39 is 0 Å². The first-order chi connectivity index (χ1) is 27.8. The summed E-state index contributed by atoms with van der Waals surface area (Å²) in [7, 11) is 0. The second-order valence-electron chi connectivity index (χ2n) is 14.6. The van der Waals surface area contributed by atoms with E-state index in [9.17, 15) is 0 Å². The lowest BCUT2D eigenvalue weighted by atomic mass is 9.92. The zero-order valence-corrected chi connectivity index (χ0v) is 30.7. The third-order valence-corrected chi connectivity index (χ3v) is 11.2. The number of hydrogen-bond donors (Lipinski definition) is 0. The van der Waals surface area contributed by atoms with E-state index in [4.69, 9.17) is 19.4 Å². The van der Waals surface area contributed by atoms with Crippen LogP contribution in [0.1, 0.15) is 36.3 Å². The average molecular weight is 721 g/mol. The molecule has 0 saturated heterocycles. The van der Waals surface area contributed by atoms with Gasteiger partial charge in [0.1, 0.15) is 11.0 Å². The molecule has 0 radical (unpaired) electrons. The molecule has 5 heteroatoms. The van der Waals surface area contributed by atoms with Crippen molar-refractivity contribution in [2.24, 2.45) is 0 Å². The van der Waals surface area contributed by atoms with Crippen LogP contribution < -0.4 is 10.6 Å². The minimum Gasteiger partial charge on any atom is -0.456 e. The number of allylic oxidation sites excluding steroid dienone is 1. The number of para-hydroxylation sites is 1. The molecule has 0 spiro atoms. The highest BCUT2D eigenvalue weighted by Crippen LogP contribution is 2.42. The highest BCUT2D eigenvalue weighted by molar-refractivity contribution is 6.06. The maximum absolute atomic E-state index is 6.30. The van der Waals surface area contributed by atoms with E-state index in [1.54, 1.807) is 0 Å². The molecule has 3 aromatic heterocycles. The van der Waals surface area contributed by atoms with Gasteiger partial charge in [0, 0.05) is 49.6 Å². The monoisotopic (exact) mass is 720 g/mol. The molecule has 2 aliphatic rings. The molecule has 0 fully saturated rings. The van der Waals surface area contributed by atoms with Crippen LogP contribution in [-0.4, -0.2) is 19.5 Å². The third-order valence-electron chi connectivity index (χ3n) is 11.2. The Balaban J connectivity index is 1.10. The fraction of sp³-hybridized carbons (Fsp3) is 0.0784. The Kier molecular flexibility index (Phi) is 7.69. The van der Waals surface area contributed by atoms with E-state index in [0.29, 0.717) is 17.5 Å². The number of rotatable bonds is 6. The second-order valence-corrected chi connectivity index (χ2v) is 14.6.